The molecule has 1 unspecified atom stereocenters. The van der Waals surface area contributed by atoms with Crippen LogP contribution in [0.5, 0.6) is 5.75 Å². The number of carbonyl (C=O) groups excluding carboxylic acids is 2. The highest BCUT2D eigenvalue weighted by atomic mass is 16.5. The molecular weight excluding hydrogens is 368 g/mol. The van der Waals surface area contributed by atoms with E-state index in [2.05, 4.69) is 0 Å². The molecule has 4 rings (SSSR count). The number of anilines is 2. The predicted octanol–water partition coefficient (Wildman–Crippen LogP) is 4.03. The number of rotatable bonds is 4. The molecule has 148 valence electrons. The van der Waals surface area contributed by atoms with Gasteiger partial charge in [0.2, 0.25) is 5.91 Å². The van der Waals surface area contributed by atoms with Crippen molar-refractivity contribution < 1.29 is 18.7 Å². The van der Waals surface area contributed by atoms with Gasteiger partial charge >= 0.3 is 0 Å². The number of nitrogens with zero attached hydrogens (tertiary/aromatic N) is 2. The Hall–Kier alpha value is -3.54. The molecule has 0 N–H and O–H groups in total. The Labute approximate surface area is 169 Å². The van der Waals surface area contributed by atoms with Crippen LogP contribution in [-0.2, 0) is 9.59 Å². The van der Waals surface area contributed by atoms with Crippen molar-refractivity contribution in [2.24, 2.45) is 0 Å². The van der Waals surface area contributed by atoms with E-state index in [1.165, 1.54) is 16.1 Å². The van der Waals surface area contributed by atoms with Crippen molar-refractivity contribution in [1.82, 2.24) is 0 Å². The topological polar surface area (TPSA) is 63.0 Å². The number of methoxy groups -OCH3 is 1. The summed E-state index contributed by atoms with van der Waals surface area (Å²) in [5, 5.41) is 0. The maximum absolute atomic E-state index is 13.5. The molecule has 0 radical (unpaired) electrons. The van der Waals surface area contributed by atoms with E-state index in [9.17, 15) is 9.59 Å². The van der Waals surface area contributed by atoms with E-state index in [1.807, 2.05) is 32.0 Å². The molecule has 1 saturated heterocycles. The molecule has 1 fully saturated rings. The fraction of sp³-hybridized carbons (Fsp3) is 0.217. The van der Waals surface area contributed by atoms with Gasteiger partial charge in [-0.1, -0.05) is 6.07 Å². The second kappa shape index (κ2) is 7.47. The third-order valence-corrected chi connectivity index (χ3v) is 5.29. The van der Waals surface area contributed by atoms with Gasteiger partial charge in [-0.2, -0.15) is 0 Å². The minimum absolute atomic E-state index is 0.0371. The highest BCUT2D eigenvalue weighted by Gasteiger charge is 2.43. The van der Waals surface area contributed by atoms with Crippen molar-refractivity contribution in [3.8, 4) is 5.75 Å². The molecule has 3 aromatic rings. The first kappa shape index (κ1) is 18.8. The molecule has 29 heavy (non-hydrogen) atoms. The number of aryl methyl sites for hydroxylation is 2. The Morgan fingerprint density at radius 1 is 0.966 bits per heavy atom. The van der Waals surface area contributed by atoms with E-state index in [-0.39, 0.29) is 18.4 Å². The summed E-state index contributed by atoms with van der Waals surface area (Å²) in [5.74, 6) is 0.705. The second-order valence-corrected chi connectivity index (χ2v) is 7.07. The number of piperazine rings is 1. The Morgan fingerprint density at radius 2 is 1.69 bits per heavy atom. The quantitative estimate of drug-likeness (QED) is 0.675. The number of hydrogen-bond acceptors (Lipinski definition) is 4. The highest BCUT2D eigenvalue weighted by Crippen LogP contribution is 2.35. The number of furan rings is 1. The van der Waals surface area contributed by atoms with Crippen LogP contribution in [0.25, 0.3) is 0 Å². The molecule has 2 heterocycles. The summed E-state index contributed by atoms with van der Waals surface area (Å²) in [6, 6.07) is 15.4. The third-order valence-electron chi connectivity index (χ3n) is 5.29. The van der Waals surface area contributed by atoms with E-state index >= 15 is 0 Å². The zero-order valence-corrected chi connectivity index (χ0v) is 16.6. The minimum Gasteiger partial charge on any atom is -0.497 e. The van der Waals surface area contributed by atoms with Crippen LogP contribution in [0, 0.1) is 13.8 Å². The van der Waals surface area contributed by atoms with Crippen molar-refractivity contribution in [2.45, 2.75) is 19.9 Å². The molecule has 0 bridgehead atoms. The third kappa shape index (κ3) is 3.38. The van der Waals surface area contributed by atoms with Crippen LogP contribution in [0.1, 0.15) is 22.9 Å². The molecule has 0 aliphatic carbocycles. The Kier molecular flexibility index (Phi) is 4.84. The summed E-state index contributed by atoms with van der Waals surface area (Å²) in [4.78, 5) is 29.7. The standard InChI is InChI=1S/C23H22N2O4/c1-15-6-7-18(13-16(15)2)24-14-21(26)25(17-8-10-19(28-3)11-9-17)22(23(24)27)20-5-4-12-29-20/h4-13,22H,14H2,1-3H3. The average Bonchev–Trinajstić information content (AvgIpc) is 3.26. The van der Waals surface area contributed by atoms with Gasteiger partial charge in [-0.05, 0) is 73.5 Å². The predicted molar refractivity (Wildman–Crippen MR) is 110 cm³/mol. The molecule has 0 saturated carbocycles. The smallest absolute Gasteiger partial charge is 0.258 e. The summed E-state index contributed by atoms with van der Waals surface area (Å²) >= 11 is 0. The van der Waals surface area contributed by atoms with Gasteiger partial charge in [-0.3, -0.25) is 14.5 Å². The van der Waals surface area contributed by atoms with Crippen LogP contribution < -0.4 is 14.5 Å². The minimum atomic E-state index is -0.874. The van der Waals surface area contributed by atoms with Gasteiger partial charge in [0.1, 0.15) is 18.1 Å². The summed E-state index contributed by atoms with van der Waals surface area (Å²) in [6.07, 6.45) is 1.51. The fourth-order valence-electron chi connectivity index (χ4n) is 3.54. The first-order valence-corrected chi connectivity index (χ1v) is 9.37. The molecule has 2 amide bonds. The molecule has 6 heteroatoms. The lowest BCUT2D eigenvalue weighted by atomic mass is 10.0. The lowest BCUT2D eigenvalue weighted by Crippen LogP contribution is -2.56. The van der Waals surface area contributed by atoms with Crippen molar-refractivity contribution in [2.75, 3.05) is 23.5 Å². The van der Waals surface area contributed by atoms with Crippen molar-refractivity contribution in [1.29, 1.82) is 0 Å². The van der Waals surface area contributed by atoms with Gasteiger partial charge in [0, 0.05) is 11.4 Å². The maximum Gasteiger partial charge on any atom is 0.258 e. The number of amides is 2. The lowest BCUT2D eigenvalue weighted by molar-refractivity contribution is -0.129. The Balaban J connectivity index is 1.77. The molecule has 2 aromatic carbocycles. The zero-order valence-electron chi connectivity index (χ0n) is 16.6. The summed E-state index contributed by atoms with van der Waals surface area (Å²) in [6.45, 7) is 3.96. The van der Waals surface area contributed by atoms with Crippen LogP contribution in [0.15, 0.2) is 65.3 Å². The SMILES string of the molecule is COc1ccc(N2C(=O)CN(c3ccc(C)c(C)c3)C(=O)C2c2ccco2)cc1. The van der Waals surface area contributed by atoms with E-state index in [0.29, 0.717) is 22.9 Å². The fourth-order valence-corrected chi connectivity index (χ4v) is 3.54. The maximum atomic E-state index is 13.5. The monoisotopic (exact) mass is 390 g/mol. The van der Waals surface area contributed by atoms with Gasteiger partial charge in [-0.25, -0.2) is 0 Å². The molecule has 0 spiro atoms. The van der Waals surface area contributed by atoms with Gasteiger partial charge in [0.25, 0.3) is 5.91 Å². The zero-order chi connectivity index (χ0) is 20.5. The molecule has 1 aliphatic rings. The molecular formula is C23H22N2O4. The second-order valence-electron chi connectivity index (χ2n) is 7.07. The lowest BCUT2D eigenvalue weighted by Gasteiger charge is -2.39. The van der Waals surface area contributed by atoms with Crippen LogP contribution in [0.4, 0.5) is 11.4 Å². The van der Waals surface area contributed by atoms with Crippen molar-refractivity contribution in [3.05, 3.63) is 77.7 Å². The van der Waals surface area contributed by atoms with Gasteiger partial charge in [0.05, 0.1) is 13.4 Å². The van der Waals surface area contributed by atoms with Crippen LogP contribution >= 0.6 is 0 Å². The summed E-state index contributed by atoms with van der Waals surface area (Å²) in [7, 11) is 1.58. The normalized spacial score (nSPS) is 17.0. The van der Waals surface area contributed by atoms with E-state index < -0.39 is 6.04 Å². The number of ether oxygens (including phenoxy) is 1. The van der Waals surface area contributed by atoms with Crippen molar-refractivity contribution >= 4 is 23.2 Å². The molecule has 1 aliphatic heterocycles. The summed E-state index contributed by atoms with van der Waals surface area (Å²) < 4.78 is 10.8. The first-order valence-electron chi connectivity index (χ1n) is 9.37. The first-order chi connectivity index (χ1) is 14.0. The molecule has 1 atom stereocenters. The molecule has 1 aromatic heterocycles. The largest absolute Gasteiger partial charge is 0.497 e. The average molecular weight is 390 g/mol. The molecule has 6 nitrogen and oxygen atoms in total. The van der Waals surface area contributed by atoms with Crippen LogP contribution in [-0.4, -0.2) is 25.5 Å². The number of hydrogen-bond donors (Lipinski definition) is 0. The number of carbonyl (C=O) groups is 2. The Morgan fingerprint density at radius 3 is 2.31 bits per heavy atom. The van der Waals surface area contributed by atoms with E-state index in [1.54, 1.807) is 43.5 Å². The van der Waals surface area contributed by atoms with Crippen molar-refractivity contribution in [3.63, 3.8) is 0 Å². The van der Waals surface area contributed by atoms with Crippen LogP contribution in [0.3, 0.4) is 0 Å². The van der Waals surface area contributed by atoms with Crippen LogP contribution in [0.2, 0.25) is 0 Å². The summed E-state index contributed by atoms with van der Waals surface area (Å²) in [5.41, 5.74) is 3.52. The van der Waals surface area contributed by atoms with Gasteiger partial charge in [0.15, 0.2) is 6.04 Å². The van der Waals surface area contributed by atoms with E-state index in [0.717, 1.165) is 11.1 Å². The van der Waals surface area contributed by atoms with Gasteiger partial charge < -0.3 is 14.1 Å². The van der Waals surface area contributed by atoms with E-state index in [4.69, 9.17) is 9.15 Å². The van der Waals surface area contributed by atoms with Gasteiger partial charge in [-0.15, -0.1) is 0 Å². The Bertz CT molecular complexity index is 1040. The highest BCUT2D eigenvalue weighted by molar-refractivity contribution is 6.14. The number of benzene rings is 2.